The number of hydrogen-bond donors (Lipinski definition) is 0. The number of aromatic nitrogens is 1. The van der Waals surface area contributed by atoms with E-state index in [9.17, 15) is 0 Å². The molecule has 2 aromatic carbocycles. The van der Waals surface area contributed by atoms with Crippen LogP contribution in [0, 0.1) is 0 Å². The predicted octanol–water partition coefficient (Wildman–Crippen LogP) is 5.97. The van der Waals surface area contributed by atoms with Crippen molar-refractivity contribution in [1.82, 2.24) is 4.40 Å². The third-order valence-corrected chi connectivity index (χ3v) is 4.98. The fourth-order valence-electron chi connectivity index (χ4n) is 3.30. The topological polar surface area (TPSA) is 4.41 Å². The average molecular weight is 299 g/mol. The van der Waals surface area contributed by atoms with Crippen molar-refractivity contribution in [2.45, 2.75) is 0 Å². The van der Waals surface area contributed by atoms with Gasteiger partial charge >= 0.3 is 0 Å². The van der Waals surface area contributed by atoms with Crippen molar-refractivity contribution in [3.05, 3.63) is 77.5 Å². The quantitative estimate of drug-likeness (QED) is 0.359. The molecule has 2 heteroatoms. The molecular weight excluding hydrogens is 286 g/mol. The lowest BCUT2D eigenvalue weighted by atomic mass is 10.1. The molecule has 5 aromatic rings. The van der Waals surface area contributed by atoms with E-state index in [0.717, 1.165) is 0 Å². The molecule has 3 heterocycles. The summed E-state index contributed by atoms with van der Waals surface area (Å²) in [5.41, 5.74) is 5.09. The van der Waals surface area contributed by atoms with Crippen molar-refractivity contribution in [2.24, 2.45) is 0 Å². The van der Waals surface area contributed by atoms with Crippen LogP contribution in [-0.4, -0.2) is 4.40 Å². The van der Waals surface area contributed by atoms with E-state index in [0.29, 0.717) is 0 Å². The fraction of sp³-hybridized carbons (Fsp3) is 0. The minimum absolute atomic E-state index is 1.26. The molecule has 0 saturated heterocycles. The summed E-state index contributed by atoms with van der Waals surface area (Å²) in [6.07, 6.45) is 0. The van der Waals surface area contributed by atoms with Gasteiger partial charge in [0.15, 0.2) is 0 Å². The monoisotopic (exact) mass is 299 g/mol. The van der Waals surface area contributed by atoms with Gasteiger partial charge in [0.05, 0.1) is 16.7 Å². The number of benzene rings is 2. The van der Waals surface area contributed by atoms with Crippen LogP contribution >= 0.6 is 11.3 Å². The summed E-state index contributed by atoms with van der Waals surface area (Å²) >= 11 is 1.74. The summed E-state index contributed by atoms with van der Waals surface area (Å²) in [6, 6.07) is 24.0. The van der Waals surface area contributed by atoms with Gasteiger partial charge in [-0.2, -0.15) is 11.3 Å². The highest BCUT2D eigenvalue weighted by Crippen LogP contribution is 2.34. The van der Waals surface area contributed by atoms with Crippen molar-refractivity contribution in [3.63, 3.8) is 0 Å². The molecule has 0 aliphatic carbocycles. The Morgan fingerprint density at radius 1 is 0.727 bits per heavy atom. The van der Waals surface area contributed by atoms with Gasteiger partial charge in [-0.15, -0.1) is 0 Å². The van der Waals surface area contributed by atoms with E-state index in [1.165, 1.54) is 38.4 Å². The van der Waals surface area contributed by atoms with Gasteiger partial charge in [0.25, 0.3) is 0 Å². The second-order valence-corrected chi connectivity index (χ2v) is 6.33. The second-order valence-electron chi connectivity index (χ2n) is 5.55. The molecule has 5 rings (SSSR count). The average Bonchev–Trinajstić information content (AvgIpc) is 3.22. The lowest BCUT2D eigenvalue weighted by Crippen LogP contribution is -1.92. The highest BCUT2D eigenvalue weighted by molar-refractivity contribution is 7.08. The third-order valence-electron chi connectivity index (χ3n) is 4.30. The van der Waals surface area contributed by atoms with Crippen molar-refractivity contribution < 1.29 is 0 Å². The van der Waals surface area contributed by atoms with E-state index < -0.39 is 0 Å². The minimum Gasteiger partial charge on any atom is -0.309 e. The van der Waals surface area contributed by atoms with Gasteiger partial charge in [0, 0.05) is 21.7 Å². The van der Waals surface area contributed by atoms with Crippen LogP contribution in [0.1, 0.15) is 0 Å². The first-order chi connectivity index (χ1) is 10.9. The SMILES string of the molecule is c1ccc2c(c1)cc(-c1ccsc1)n1c3ccccc3cc21. The lowest BCUT2D eigenvalue weighted by molar-refractivity contribution is 1.28. The Morgan fingerprint density at radius 2 is 1.55 bits per heavy atom. The normalized spacial score (nSPS) is 11.6. The zero-order chi connectivity index (χ0) is 14.5. The molecule has 0 fully saturated rings. The Labute approximate surface area is 132 Å². The van der Waals surface area contributed by atoms with Crippen molar-refractivity contribution in [1.29, 1.82) is 0 Å². The van der Waals surface area contributed by atoms with Crippen LogP contribution < -0.4 is 0 Å². The first kappa shape index (κ1) is 12.0. The van der Waals surface area contributed by atoms with Crippen molar-refractivity contribution in [3.8, 4) is 11.3 Å². The predicted molar refractivity (Wildman–Crippen MR) is 95.7 cm³/mol. The Kier molecular flexibility index (Phi) is 2.43. The molecule has 22 heavy (non-hydrogen) atoms. The van der Waals surface area contributed by atoms with Crippen LogP contribution in [-0.2, 0) is 0 Å². The van der Waals surface area contributed by atoms with Gasteiger partial charge in [-0.05, 0) is 35.0 Å². The maximum Gasteiger partial charge on any atom is 0.0549 e. The van der Waals surface area contributed by atoms with E-state index in [-0.39, 0.29) is 0 Å². The molecule has 3 aromatic heterocycles. The molecule has 0 N–H and O–H groups in total. The zero-order valence-corrected chi connectivity index (χ0v) is 12.7. The maximum absolute atomic E-state index is 2.39. The molecule has 0 radical (unpaired) electrons. The Morgan fingerprint density at radius 3 is 2.41 bits per heavy atom. The molecule has 104 valence electrons. The fourth-order valence-corrected chi connectivity index (χ4v) is 3.95. The van der Waals surface area contributed by atoms with Crippen LogP contribution in [0.5, 0.6) is 0 Å². The molecule has 0 bridgehead atoms. The number of fused-ring (bicyclic) bond motifs is 5. The van der Waals surface area contributed by atoms with E-state index in [1.807, 2.05) is 0 Å². The van der Waals surface area contributed by atoms with Gasteiger partial charge in [-0.3, -0.25) is 0 Å². The Hall–Kier alpha value is -2.58. The molecule has 1 nitrogen and oxygen atoms in total. The lowest BCUT2D eigenvalue weighted by Gasteiger charge is -2.10. The van der Waals surface area contributed by atoms with E-state index in [1.54, 1.807) is 11.3 Å². The number of para-hydroxylation sites is 1. The Balaban J connectivity index is 2.09. The van der Waals surface area contributed by atoms with E-state index in [4.69, 9.17) is 0 Å². The van der Waals surface area contributed by atoms with Gasteiger partial charge < -0.3 is 4.40 Å². The minimum atomic E-state index is 1.26. The van der Waals surface area contributed by atoms with E-state index in [2.05, 4.69) is 81.9 Å². The van der Waals surface area contributed by atoms with Gasteiger partial charge in [0.2, 0.25) is 0 Å². The molecule has 0 unspecified atom stereocenters. The number of nitrogens with zero attached hydrogens (tertiary/aromatic N) is 1. The highest BCUT2D eigenvalue weighted by atomic mass is 32.1. The van der Waals surface area contributed by atoms with Crippen LogP contribution in [0.25, 0.3) is 38.4 Å². The summed E-state index contributed by atoms with van der Waals surface area (Å²) in [4.78, 5) is 0. The van der Waals surface area contributed by atoms with Crippen LogP contribution in [0.15, 0.2) is 77.5 Å². The largest absolute Gasteiger partial charge is 0.309 e. The zero-order valence-electron chi connectivity index (χ0n) is 11.9. The van der Waals surface area contributed by atoms with Gasteiger partial charge in [-0.1, -0.05) is 42.5 Å². The summed E-state index contributed by atoms with van der Waals surface area (Å²) < 4.78 is 2.39. The standard InChI is InChI=1S/C20H13NS/c1-3-7-17-14(5-1)11-19(16-9-10-22-13-16)21-18-8-4-2-6-15(18)12-20(17)21/h1-13H. The smallest absolute Gasteiger partial charge is 0.0549 e. The summed E-state index contributed by atoms with van der Waals surface area (Å²) in [5.74, 6) is 0. The highest BCUT2D eigenvalue weighted by Gasteiger charge is 2.12. The molecule has 0 saturated carbocycles. The summed E-state index contributed by atoms with van der Waals surface area (Å²) in [5, 5.41) is 8.24. The van der Waals surface area contributed by atoms with E-state index >= 15 is 0 Å². The van der Waals surface area contributed by atoms with Crippen LogP contribution in [0.2, 0.25) is 0 Å². The molecule has 0 spiro atoms. The Bertz CT molecular complexity index is 1120. The molecule has 0 amide bonds. The third kappa shape index (κ3) is 1.59. The van der Waals surface area contributed by atoms with Crippen LogP contribution in [0.3, 0.4) is 0 Å². The van der Waals surface area contributed by atoms with Gasteiger partial charge in [-0.25, -0.2) is 0 Å². The maximum atomic E-state index is 2.39. The number of rotatable bonds is 1. The summed E-state index contributed by atoms with van der Waals surface area (Å²) in [6.45, 7) is 0. The van der Waals surface area contributed by atoms with Crippen LogP contribution in [0.4, 0.5) is 0 Å². The first-order valence-corrected chi connectivity index (χ1v) is 8.31. The summed E-state index contributed by atoms with van der Waals surface area (Å²) in [7, 11) is 0. The van der Waals surface area contributed by atoms with Crippen molar-refractivity contribution >= 4 is 38.5 Å². The molecular formula is C20H13NS. The number of thiophene rings is 1. The first-order valence-electron chi connectivity index (χ1n) is 7.36. The van der Waals surface area contributed by atoms with Gasteiger partial charge in [0.1, 0.15) is 0 Å². The van der Waals surface area contributed by atoms with Crippen molar-refractivity contribution in [2.75, 3.05) is 0 Å². The number of pyridine rings is 1. The number of hydrogen-bond acceptors (Lipinski definition) is 1. The molecule has 0 atom stereocenters. The second kappa shape index (κ2) is 4.46. The molecule has 0 aliphatic heterocycles. The molecule has 0 aliphatic rings.